The number of H-pyrrole nitrogens is 1. The van der Waals surface area contributed by atoms with Crippen LogP contribution in [-0.2, 0) is 4.74 Å². The highest BCUT2D eigenvalue weighted by Gasteiger charge is 2.24. The average molecular weight is 211 g/mol. The van der Waals surface area contributed by atoms with E-state index in [4.69, 9.17) is 9.84 Å². The first kappa shape index (κ1) is 11.3. The number of carbonyl (C=O) groups is 2. The van der Waals surface area contributed by atoms with Crippen molar-refractivity contribution in [2.24, 2.45) is 0 Å². The van der Waals surface area contributed by atoms with Crippen LogP contribution in [0.4, 0.5) is 0 Å². The number of esters is 1. The molecule has 0 aliphatic rings. The fraction of sp³-hybridized carbons (Fsp3) is 0.400. The maximum absolute atomic E-state index is 11.5. The molecule has 0 radical (unpaired) electrons. The number of carboxylic acid groups (broad SMARTS) is 1. The molecular formula is C10H13NO4. The van der Waals surface area contributed by atoms with Gasteiger partial charge >= 0.3 is 11.9 Å². The maximum Gasteiger partial charge on any atom is 0.340 e. The minimum absolute atomic E-state index is 0.00838. The summed E-state index contributed by atoms with van der Waals surface area (Å²) in [4.78, 5) is 25.3. The molecule has 1 rings (SSSR count). The summed E-state index contributed by atoms with van der Waals surface area (Å²) in [5.74, 6) is -1.73. The first-order valence-corrected chi connectivity index (χ1v) is 4.58. The number of aryl methyl sites for hydroxylation is 2. The van der Waals surface area contributed by atoms with Crippen LogP contribution in [0.15, 0.2) is 0 Å². The molecule has 2 N–H and O–H groups in total. The lowest BCUT2D eigenvalue weighted by Crippen LogP contribution is -2.11. The van der Waals surface area contributed by atoms with Gasteiger partial charge in [0.2, 0.25) is 0 Å². The maximum atomic E-state index is 11.5. The molecule has 1 aromatic rings. The quantitative estimate of drug-likeness (QED) is 0.742. The van der Waals surface area contributed by atoms with E-state index in [-0.39, 0.29) is 17.7 Å². The summed E-state index contributed by atoms with van der Waals surface area (Å²) in [6.07, 6.45) is 0. The summed E-state index contributed by atoms with van der Waals surface area (Å²) >= 11 is 0. The SMILES string of the molecule is CCOC(=O)c1c(C)[nH]c(C)c1C(=O)O. The first-order valence-electron chi connectivity index (χ1n) is 4.58. The zero-order chi connectivity index (χ0) is 11.6. The molecule has 0 unspecified atom stereocenters. The van der Waals surface area contributed by atoms with Crippen LogP contribution in [0.1, 0.15) is 39.0 Å². The molecule has 15 heavy (non-hydrogen) atoms. The predicted octanol–water partition coefficient (Wildman–Crippen LogP) is 1.51. The first-order chi connectivity index (χ1) is 6.99. The van der Waals surface area contributed by atoms with Crippen LogP contribution in [0.25, 0.3) is 0 Å². The molecular weight excluding hydrogens is 198 g/mol. The number of aromatic nitrogens is 1. The number of hydrogen-bond acceptors (Lipinski definition) is 3. The van der Waals surface area contributed by atoms with Gasteiger partial charge in [-0.2, -0.15) is 0 Å². The molecule has 1 aromatic heterocycles. The third-order valence-corrected chi connectivity index (χ3v) is 2.07. The van der Waals surface area contributed by atoms with Crippen molar-refractivity contribution < 1.29 is 19.4 Å². The van der Waals surface area contributed by atoms with Gasteiger partial charge in [-0.25, -0.2) is 9.59 Å². The van der Waals surface area contributed by atoms with Crippen molar-refractivity contribution >= 4 is 11.9 Å². The molecule has 0 fully saturated rings. The lowest BCUT2D eigenvalue weighted by Gasteiger charge is -2.02. The summed E-state index contributed by atoms with van der Waals surface area (Å²) in [7, 11) is 0. The van der Waals surface area contributed by atoms with E-state index in [9.17, 15) is 9.59 Å². The van der Waals surface area contributed by atoms with Crippen LogP contribution >= 0.6 is 0 Å². The number of ether oxygens (including phenoxy) is 1. The number of nitrogens with one attached hydrogen (secondary N) is 1. The number of rotatable bonds is 3. The minimum Gasteiger partial charge on any atom is -0.478 e. The largest absolute Gasteiger partial charge is 0.478 e. The Labute approximate surface area is 87.1 Å². The van der Waals surface area contributed by atoms with E-state index in [1.807, 2.05) is 0 Å². The van der Waals surface area contributed by atoms with E-state index >= 15 is 0 Å². The van der Waals surface area contributed by atoms with Crippen molar-refractivity contribution in [3.63, 3.8) is 0 Å². The Morgan fingerprint density at radius 1 is 1.27 bits per heavy atom. The van der Waals surface area contributed by atoms with Crippen molar-refractivity contribution in [1.29, 1.82) is 0 Å². The van der Waals surface area contributed by atoms with Crippen molar-refractivity contribution in [3.8, 4) is 0 Å². The lowest BCUT2D eigenvalue weighted by molar-refractivity contribution is 0.0514. The molecule has 0 spiro atoms. The zero-order valence-corrected chi connectivity index (χ0v) is 8.88. The van der Waals surface area contributed by atoms with Crippen LogP contribution < -0.4 is 0 Å². The molecule has 0 amide bonds. The third kappa shape index (κ3) is 2.01. The van der Waals surface area contributed by atoms with Crippen molar-refractivity contribution in [2.75, 3.05) is 6.61 Å². The number of aromatic amines is 1. The molecule has 0 bridgehead atoms. The predicted molar refractivity (Wildman–Crippen MR) is 53.2 cm³/mol. The number of hydrogen-bond donors (Lipinski definition) is 2. The monoisotopic (exact) mass is 211 g/mol. The van der Waals surface area contributed by atoms with Gasteiger partial charge in [0.1, 0.15) is 0 Å². The molecule has 0 saturated carbocycles. The van der Waals surface area contributed by atoms with Crippen LogP contribution in [0, 0.1) is 13.8 Å². The molecule has 0 aliphatic heterocycles. The highest BCUT2D eigenvalue weighted by Crippen LogP contribution is 2.19. The van der Waals surface area contributed by atoms with Gasteiger partial charge in [0.05, 0.1) is 17.7 Å². The van der Waals surface area contributed by atoms with E-state index in [1.165, 1.54) is 0 Å². The standard InChI is InChI=1S/C10H13NO4/c1-4-15-10(14)8-6(3)11-5(2)7(8)9(12)13/h11H,4H2,1-3H3,(H,12,13). The Hall–Kier alpha value is -1.78. The van der Waals surface area contributed by atoms with Crippen molar-refractivity contribution in [2.45, 2.75) is 20.8 Å². The van der Waals surface area contributed by atoms with Crippen LogP contribution in [0.3, 0.4) is 0 Å². The zero-order valence-electron chi connectivity index (χ0n) is 8.88. The topological polar surface area (TPSA) is 79.4 Å². The van der Waals surface area contributed by atoms with Crippen molar-refractivity contribution in [1.82, 2.24) is 4.98 Å². The van der Waals surface area contributed by atoms with Gasteiger partial charge in [-0.3, -0.25) is 0 Å². The molecule has 0 atom stereocenters. The van der Waals surface area contributed by atoms with E-state index in [2.05, 4.69) is 4.98 Å². The van der Waals surface area contributed by atoms with E-state index in [0.29, 0.717) is 11.4 Å². The average Bonchev–Trinajstić information content (AvgIpc) is 2.41. The molecule has 0 aliphatic carbocycles. The number of carbonyl (C=O) groups excluding carboxylic acids is 1. The second kappa shape index (κ2) is 4.16. The Morgan fingerprint density at radius 3 is 2.27 bits per heavy atom. The third-order valence-electron chi connectivity index (χ3n) is 2.07. The second-order valence-corrected chi connectivity index (χ2v) is 3.15. The van der Waals surface area contributed by atoms with E-state index < -0.39 is 11.9 Å². The van der Waals surface area contributed by atoms with Crippen LogP contribution in [0.5, 0.6) is 0 Å². The molecule has 0 aromatic carbocycles. The molecule has 1 heterocycles. The smallest absolute Gasteiger partial charge is 0.340 e. The van der Waals surface area contributed by atoms with Gasteiger partial charge < -0.3 is 14.8 Å². The van der Waals surface area contributed by atoms with Gasteiger partial charge in [0.15, 0.2) is 0 Å². The summed E-state index contributed by atoms with van der Waals surface area (Å²) in [5, 5.41) is 8.95. The summed E-state index contributed by atoms with van der Waals surface area (Å²) < 4.78 is 4.79. The molecule has 5 heteroatoms. The number of aromatic carboxylic acids is 1. The Morgan fingerprint density at radius 2 is 1.80 bits per heavy atom. The van der Waals surface area contributed by atoms with Gasteiger partial charge in [-0.05, 0) is 20.8 Å². The Bertz CT molecular complexity index is 406. The van der Waals surface area contributed by atoms with E-state index in [1.54, 1.807) is 20.8 Å². The number of carboxylic acids is 1. The fourth-order valence-corrected chi connectivity index (χ4v) is 1.51. The lowest BCUT2D eigenvalue weighted by atomic mass is 10.1. The van der Waals surface area contributed by atoms with Gasteiger partial charge in [0.25, 0.3) is 0 Å². The minimum atomic E-state index is -1.13. The normalized spacial score (nSPS) is 10.1. The van der Waals surface area contributed by atoms with Gasteiger partial charge in [-0.1, -0.05) is 0 Å². The second-order valence-electron chi connectivity index (χ2n) is 3.15. The highest BCUT2D eigenvalue weighted by molar-refractivity contribution is 6.04. The summed E-state index contributed by atoms with van der Waals surface area (Å²) in [6, 6.07) is 0. The Balaban J connectivity index is 3.26. The van der Waals surface area contributed by atoms with Gasteiger partial charge in [-0.15, -0.1) is 0 Å². The van der Waals surface area contributed by atoms with Crippen LogP contribution in [-0.4, -0.2) is 28.6 Å². The fourth-order valence-electron chi connectivity index (χ4n) is 1.51. The van der Waals surface area contributed by atoms with Gasteiger partial charge in [0, 0.05) is 11.4 Å². The Kier molecular flexibility index (Phi) is 3.14. The molecule has 82 valence electrons. The van der Waals surface area contributed by atoms with Crippen molar-refractivity contribution in [3.05, 3.63) is 22.5 Å². The van der Waals surface area contributed by atoms with Crippen LogP contribution in [0.2, 0.25) is 0 Å². The summed E-state index contributed by atoms with van der Waals surface area (Å²) in [5.41, 5.74) is 1.08. The summed E-state index contributed by atoms with van der Waals surface area (Å²) in [6.45, 7) is 5.15. The molecule has 0 saturated heterocycles. The van der Waals surface area contributed by atoms with E-state index in [0.717, 1.165) is 0 Å². The molecule has 5 nitrogen and oxygen atoms in total. The highest BCUT2D eigenvalue weighted by atomic mass is 16.5.